The van der Waals surface area contributed by atoms with Gasteiger partial charge in [-0.2, -0.15) is 5.10 Å². The summed E-state index contributed by atoms with van der Waals surface area (Å²) in [5.41, 5.74) is -0.318. The highest BCUT2D eigenvalue weighted by Crippen LogP contribution is 2.27. The molecule has 4 heterocycles. The van der Waals surface area contributed by atoms with Crippen molar-refractivity contribution in [1.29, 1.82) is 0 Å². The Kier molecular flexibility index (Phi) is 6.26. The molecule has 39 heavy (non-hydrogen) atoms. The number of hydrogen-bond donors (Lipinski definition) is 3. The smallest absolute Gasteiger partial charge is 0.347 e. The zero-order valence-electron chi connectivity index (χ0n) is 21.3. The van der Waals surface area contributed by atoms with Crippen LogP contribution in [0.2, 0.25) is 0 Å². The summed E-state index contributed by atoms with van der Waals surface area (Å²) in [6, 6.07) is 10.2. The van der Waals surface area contributed by atoms with Gasteiger partial charge in [-0.15, -0.1) is 0 Å². The molecule has 0 unspecified atom stereocenters. The van der Waals surface area contributed by atoms with Crippen LogP contribution in [-0.4, -0.2) is 66.5 Å². The lowest BCUT2D eigenvalue weighted by molar-refractivity contribution is 0.0641. The van der Waals surface area contributed by atoms with Gasteiger partial charge in [0.05, 0.1) is 5.56 Å². The summed E-state index contributed by atoms with van der Waals surface area (Å²) in [5, 5.41) is 19.2. The lowest BCUT2D eigenvalue weighted by atomic mass is 10.1. The van der Waals surface area contributed by atoms with E-state index in [1.165, 1.54) is 45.3 Å². The second kappa shape index (κ2) is 9.59. The van der Waals surface area contributed by atoms with Gasteiger partial charge in [0.1, 0.15) is 5.82 Å². The second-order valence-electron chi connectivity index (χ2n) is 9.38. The molecule has 5 rings (SSSR count). The SMILES string of the molecule is CC(C)N1CCn2c(N(C)C(=O)c3cccc(NC(=O)c4ccc5n[nH]c(=O)n5c4)c3)cc(=O)c(O)c2C1=O. The molecule has 0 bridgehead atoms. The maximum atomic E-state index is 13.4. The van der Waals surface area contributed by atoms with E-state index in [1.54, 1.807) is 23.1 Å². The summed E-state index contributed by atoms with van der Waals surface area (Å²) in [4.78, 5) is 66.4. The molecule has 0 fully saturated rings. The zero-order chi connectivity index (χ0) is 28.0. The average molecular weight is 532 g/mol. The molecular formula is C26H25N7O6. The predicted molar refractivity (Wildman–Crippen MR) is 141 cm³/mol. The van der Waals surface area contributed by atoms with Crippen molar-refractivity contribution in [1.82, 2.24) is 24.1 Å². The minimum atomic E-state index is -0.774. The average Bonchev–Trinajstić information content (AvgIpc) is 3.29. The van der Waals surface area contributed by atoms with Gasteiger partial charge in [-0.05, 0) is 44.2 Å². The monoisotopic (exact) mass is 531 g/mol. The van der Waals surface area contributed by atoms with E-state index < -0.39 is 34.6 Å². The van der Waals surface area contributed by atoms with Gasteiger partial charge in [-0.25, -0.2) is 14.3 Å². The predicted octanol–water partition coefficient (Wildman–Crippen LogP) is 1.28. The van der Waals surface area contributed by atoms with E-state index in [9.17, 15) is 29.1 Å². The van der Waals surface area contributed by atoms with Gasteiger partial charge in [-0.1, -0.05) is 6.07 Å². The molecule has 200 valence electrons. The van der Waals surface area contributed by atoms with E-state index in [2.05, 4.69) is 15.5 Å². The number of nitrogens with zero attached hydrogens (tertiary/aromatic N) is 5. The Morgan fingerprint density at radius 3 is 2.59 bits per heavy atom. The fourth-order valence-corrected chi connectivity index (χ4v) is 4.55. The maximum absolute atomic E-state index is 13.4. The minimum absolute atomic E-state index is 0.135. The molecular weight excluding hydrogens is 506 g/mol. The van der Waals surface area contributed by atoms with E-state index in [0.717, 1.165) is 6.07 Å². The standard InChI is InChI=1S/C26H25N7O6/c1-14(2)31-9-10-32-20(12-18(34)22(35)21(32)25(31)38)30(3)24(37)15-5-4-6-17(11-15)27-23(36)16-7-8-19-28-29-26(39)33(19)13-16/h4-8,11-14,35H,9-10H2,1-3H3,(H,27,36)(H,29,39). The van der Waals surface area contributed by atoms with Crippen molar-refractivity contribution < 1.29 is 19.5 Å². The summed E-state index contributed by atoms with van der Waals surface area (Å²) in [6.45, 7) is 4.30. The summed E-state index contributed by atoms with van der Waals surface area (Å²) >= 11 is 0. The number of pyridine rings is 2. The summed E-state index contributed by atoms with van der Waals surface area (Å²) in [7, 11) is 1.46. The van der Waals surface area contributed by atoms with Crippen molar-refractivity contribution in [3.63, 3.8) is 0 Å². The van der Waals surface area contributed by atoms with Gasteiger partial charge in [0, 0.05) is 49.7 Å². The van der Waals surface area contributed by atoms with Crippen LogP contribution in [0.4, 0.5) is 11.5 Å². The summed E-state index contributed by atoms with van der Waals surface area (Å²) in [5.74, 6) is -2.00. The minimum Gasteiger partial charge on any atom is -0.503 e. The molecule has 3 amide bonds. The van der Waals surface area contributed by atoms with Crippen LogP contribution in [0.15, 0.2) is 58.3 Å². The Balaban J connectivity index is 1.42. The number of carbonyl (C=O) groups is 3. The Hall–Kier alpha value is -5.20. The van der Waals surface area contributed by atoms with Crippen LogP contribution in [0.3, 0.4) is 0 Å². The van der Waals surface area contributed by atoms with Gasteiger partial charge < -0.3 is 19.9 Å². The first-order chi connectivity index (χ1) is 18.6. The normalized spacial score (nSPS) is 13.0. The van der Waals surface area contributed by atoms with Crippen molar-refractivity contribution in [3.05, 3.63) is 86.2 Å². The molecule has 3 aromatic heterocycles. The van der Waals surface area contributed by atoms with Crippen LogP contribution in [0.25, 0.3) is 5.65 Å². The van der Waals surface area contributed by atoms with Gasteiger partial charge in [0.25, 0.3) is 17.7 Å². The van der Waals surface area contributed by atoms with Crippen LogP contribution in [-0.2, 0) is 6.54 Å². The number of anilines is 2. The molecule has 1 aliphatic rings. The van der Waals surface area contributed by atoms with E-state index in [-0.39, 0.29) is 35.2 Å². The molecule has 0 saturated heterocycles. The van der Waals surface area contributed by atoms with Crippen LogP contribution in [0, 0.1) is 0 Å². The Labute approximate surface area is 220 Å². The van der Waals surface area contributed by atoms with Crippen molar-refractivity contribution >= 4 is 34.9 Å². The van der Waals surface area contributed by atoms with Gasteiger partial charge in [0.15, 0.2) is 17.1 Å². The van der Waals surface area contributed by atoms with Gasteiger partial charge >= 0.3 is 5.69 Å². The second-order valence-corrected chi connectivity index (χ2v) is 9.38. The van der Waals surface area contributed by atoms with E-state index in [1.807, 2.05) is 13.8 Å². The lowest BCUT2D eigenvalue weighted by Crippen LogP contribution is -2.46. The van der Waals surface area contributed by atoms with Crippen LogP contribution < -0.4 is 21.3 Å². The summed E-state index contributed by atoms with van der Waals surface area (Å²) < 4.78 is 2.67. The molecule has 0 atom stereocenters. The number of aromatic hydroxyl groups is 1. The number of nitrogens with one attached hydrogen (secondary N) is 2. The number of hydrogen-bond acceptors (Lipinski definition) is 7. The molecule has 13 heteroatoms. The number of amides is 3. The lowest BCUT2D eigenvalue weighted by Gasteiger charge is -2.35. The number of carbonyl (C=O) groups excluding carboxylic acids is 3. The fourth-order valence-electron chi connectivity index (χ4n) is 4.55. The van der Waals surface area contributed by atoms with Crippen LogP contribution in [0.5, 0.6) is 5.75 Å². The van der Waals surface area contributed by atoms with E-state index >= 15 is 0 Å². The number of rotatable bonds is 5. The highest BCUT2D eigenvalue weighted by Gasteiger charge is 2.33. The third-order valence-corrected chi connectivity index (χ3v) is 6.61. The zero-order valence-corrected chi connectivity index (χ0v) is 21.3. The number of benzene rings is 1. The number of H-pyrrole nitrogens is 1. The van der Waals surface area contributed by atoms with Crippen molar-refractivity contribution in [2.75, 3.05) is 23.8 Å². The number of aromatic nitrogens is 4. The first-order valence-electron chi connectivity index (χ1n) is 12.1. The van der Waals surface area contributed by atoms with Gasteiger partial charge in [-0.3, -0.25) is 24.1 Å². The quantitative estimate of drug-likeness (QED) is 0.349. The molecule has 0 saturated carbocycles. The first-order valence-corrected chi connectivity index (χ1v) is 12.1. The van der Waals surface area contributed by atoms with Crippen molar-refractivity contribution in [3.8, 4) is 5.75 Å². The Morgan fingerprint density at radius 2 is 1.85 bits per heavy atom. The van der Waals surface area contributed by atoms with Crippen LogP contribution in [0.1, 0.15) is 45.1 Å². The summed E-state index contributed by atoms with van der Waals surface area (Å²) in [6.07, 6.45) is 1.35. The molecule has 13 nitrogen and oxygen atoms in total. The molecule has 0 radical (unpaired) electrons. The molecule has 1 aliphatic heterocycles. The third kappa shape index (κ3) is 4.43. The van der Waals surface area contributed by atoms with E-state index in [4.69, 9.17) is 0 Å². The molecule has 3 N–H and O–H groups in total. The highest BCUT2D eigenvalue weighted by molar-refractivity contribution is 6.08. The first kappa shape index (κ1) is 25.4. The van der Waals surface area contributed by atoms with Crippen molar-refractivity contribution in [2.45, 2.75) is 26.4 Å². The maximum Gasteiger partial charge on any atom is 0.347 e. The topological polar surface area (TPSA) is 162 Å². The third-order valence-electron chi connectivity index (χ3n) is 6.61. The van der Waals surface area contributed by atoms with E-state index in [0.29, 0.717) is 17.9 Å². The molecule has 0 spiro atoms. The van der Waals surface area contributed by atoms with Crippen LogP contribution >= 0.6 is 0 Å². The molecule has 0 aliphatic carbocycles. The highest BCUT2D eigenvalue weighted by atomic mass is 16.3. The largest absolute Gasteiger partial charge is 0.503 e. The number of fused-ring (bicyclic) bond motifs is 2. The van der Waals surface area contributed by atoms with Gasteiger partial charge in [0.2, 0.25) is 5.43 Å². The molecule has 4 aromatic rings. The fraction of sp³-hybridized carbons (Fsp3) is 0.231. The number of aromatic amines is 1. The van der Waals surface area contributed by atoms with Crippen molar-refractivity contribution in [2.24, 2.45) is 0 Å². The Bertz CT molecular complexity index is 1770. The Morgan fingerprint density at radius 1 is 1.08 bits per heavy atom. The molecule has 1 aromatic carbocycles.